The van der Waals surface area contributed by atoms with Crippen molar-refractivity contribution in [2.24, 2.45) is 0 Å². The average molecular weight is 322 g/mol. The van der Waals surface area contributed by atoms with Gasteiger partial charge in [-0.25, -0.2) is 13.6 Å². The number of nitrogens with one attached hydrogen (secondary N) is 2. The molecule has 0 aromatic heterocycles. The van der Waals surface area contributed by atoms with Crippen LogP contribution in [-0.2, 0) is 4.74 Å². The summed E-state index contributed by atoms with van der Waals surface area (Å²) in [4.78, 5) is 12.2. The fourth-order valence-corrected chi connectivity index (χ4v) is 3.31. The molecule has 4 unspecified atom stereocenters. The van der Waals surface area contributed by atoms with Crippen LogP contribution >= 0.6 is 0 Å². The van der Waals surface area contributed by atoms with Gasteiger partial charge in [0.25, 0.3) is 0 Å². The van der Waals surface area contributed by atoms with Gasteiger partial charge < -0.3 is 15.4 Å². The summed E-state index contributed by atoms with van der Waals surface area (Å²) in [6.07, 6.45) is 3.16. The summed E-state index contributed by atoms with van der Waals surface area (Å²) in [7, 11) is 0. The Labute approximate surface area is 133 Å². The molecule has 2 amide bonds. The van der Waals surface area contributed by atoms with Crippen LogP contribution in [0.15, 0.2) is 30.4 Å². The summed E-state index contributed by atoms with van der Waals surface area (Å²) >= 11 is 0. The van der Waals surface area contributed by atoms with Gasteiger partial charge in [0.15, 0.2) is 11.6 Å². The van der Waals surface area contributed by atoms with Crippen LogP contribution in [0.25, 0.3) is 0 Å². The van der Waals surface area contributed by atoms with Crippen molar-refractivity contribution in [3.05, 3.63) is 47.5 Å². The van der Waals surface area contributed by atoms with Crippen molar-refractivity contribution in [3.63, 3.8) is 0 Å². The van der Waals surface area contributed by atoms with Crippen molar-refractivity contribution < 1.29 is 18.3 Å². The van der Waals surface area contributed by atoms with Gasteiger partial charge in [-0.2, -0.15) is 0 Å². The van der Waals surface area contributed by atoms with Gasteiger partial charge in [-0.05, 0) is 43.9 Å². The Morgan fingerprint density at radius 2 is 2.13 bits per heavy atom. The Morgan fingerprint density at radius 1 is 1.35 bits per heavy atom. The molecule has 2 N–H and O–H groups in total. The number of hydrogen-bond acceptors (Lipinski definition) is 2. The number of carbonyl (C=O) groups excluding carboxylic acids is 1. The van der Waals surface area contributed by atoms with E-state index < -0.39 is 17.7 Å². The number of fused-ring (bicyclic) bond motifs is 2. The van der Waals surface area contributed by atoms with E-state index in [1.165, 1.54) is 6.07 Å². The van der Waals surface area contributed by atoms with Gasteiger partial charge in [-0.1, -0.05) is 18.2 Å². The van der Waals surface area contributed by atoms with Gasteiger partial charge in [-0.3, -0.25) is 0 Å². The van der Waals surface area contributed by atoms with E-state index in [9.17, 15) is 13.6 Å². The predicted octanol–water partition coefficient (Wildman–Crippen LogP) is 3.20. The fourth-order valence-electron chi connectivity index (χ4n) is 3.31. The van der Waals surface area contributed by atoms with Gasteiger partial charge in [0, 0.05) is 0 Å². The summed E-state index contributed by atoms with van der Waals surface area (Å²) in [5.74, 6) is -1.87. The molecular weight excluding hydrogens is 302 g/mol. The second-order valence-electron chi connectivity index (χ2n) is 6.29. The van der Waals surface area contributed by atoms with Gasteiger partial charge in [0.05, 0.1) is 24.3 Å². The molecule has 124 valence electrons. The maximum Gasteiger partial charge on any atom is 0.315 e. The first kappa shape index (κ1) is 15.9. The number of halogens is 2. The molecule has 0 aliphatic carbocycles. The topological polar surface area (TPSA) is 50.4 Å². The molecule has 6 heteroatoms. The van der Waals surface area contributed by atoms with Crippen LogP contribution in [0.3, 0.4) is 0 Å². The Kier molecular flexibility index (Phi) is 4.35. The van der Waals surface area contributed by atoms with Crippen molar-refractivity contribution in [1.29, 1.82) is 0 Å². The summed E-state index contributed by atoms with van der Waals surface area (Å²) in [6, 6.07) is 2.64. The van der Waals surface area contributed by atoms with E-state index in [0.717, 1.165) is 31.4 Å². The highest BCUT2D eigenvalue weighted by molar-refractivity contribution is 5.75. The Morgan fingerprint density at radius 3 is 2.70 bits per heavy atom. The monoisotopic (exact) mass is 322 g/mol. The summed E-state index contributed by atoms with van der Waals surface area (Å²) < 4.78 is 32.2. The second-order valence-corrected chi connectivity index (χ2v) is 6.29. The van der Waals surface area contributed by atoms with Crippen molar-refractivity contribution in [1.82, 2.24) is 10.6 Å². The molecular formula is C17H20F2N2O2. The second kappa shape index (κ2) is 6.28. The van der Waals surface area contributed by atoms with Gasteiger partial charge in [-0.15, -0.1) is 0 Å². The van der Waals surface area contributed by atoms with E-state index in [-0.39, 0.29) is 24.3 Å². The number of ether oxygens (including phenoxy) is 1. The first-order valence-corrected chi connectivity index (χ1v) is 7.77. The van der Waals surface area contributed by atoms with E-state index in [1.54, 1.807) is 6.92 Å². The molecule has 3 rings (SSSR count). The Balaban J connectivity index is 1.66. The van der Waals surface area contributed by atoms with E-state index >= 15 is 0 Å². The average Bonchev–Trinajstić information content (AvgIpc) is 3.10. The highest BCUT2D eigenvalue weighted by atomic mass is 19.2. The van der Waals surface area contributed by atoms with Crippen LogP contribution in [0.1, 0.15) is 37.8 Å². The van der Waals surface area contributed by atoms with E-state index in [2.05, 4.69) is 17.2 Å². The lowest BCUT2D eigenvalue weighted by Gasteiger charge is -2.24. The quantitative estimate of drug-likeness (QED) is 0.837. The van der Waals surface area contributed by atoms with E-state index in [1.807, 2.05) is 0 Å². The Hall–Kier alpha value is -1.95. The van der Waals surface area contributed by atoms with Crippen molar-refractivity contribution in [3.8, 4) is 0 Å². The standard InChI is InChI=1S/C17H20F2N2O2/c1-9(2)16(10-3-5-12(18)13(19)7-10)21-17(22)20-14-8-11-4-6-15(14)23-11/h3,5,7,11,14-16H,1,4,6,8H2,2H3,(H2,20,21,22). The van der Waals surface area contributed by atoms with Crippen LogP contribution in [0.2, 0.25) is 0 Å². The molecule has 23 heavy (non-hydrogen) atoms. The predicted molar refractivity (Wildman–Crippen MR) is 81.9 cm³/mol. The van der Waals surface area contributed by atoms with Crippen LogP contribution in [0, 0.1) is 11.6 Å². The molecule has 2 bridgehead atoms. The minimum atomic E-state index is -0.947. The molecule has 2 aliphatic heterocycles. The third kappa shape index (κ3) is 3.37. The highest BCUT2D eigenvalue weighted by Gasteiger charge is 2.41. The molecule has 2 saturated heterocycles. The molecule has 0 saturated carbocycles. The normalized spacial score (nSPS) is 26.8. The zero-order chi connectivity index (χ0) is 16.6. The fraction of sp³-hybridized carbons (Fsp3) is 0.471. The molecule has 4 nitrogen and oxygen atoms in total. The van der Waals surface area contributed by atoms with Gasteiger partial charge in [0.2, 0.25) is 0 Å². The molecule has 4 atom stereocenters. The number of urea groups is 1. The van der Waals surface area contributed by atoms with Gasteiger partial charge in [0.1, 0.15) is 0 Å². The Bertz CT molecular complexity index is 635. The molecule has 0 radical (unpaired) electrons. The maximum atomic E-state index is 13.4. The minimum absolute atomic E-state index is 0.00414. The highest BCUT2D eigenvalue weighted by Crippen LogP contribution is 2.34. The minimum Gasteiger partial charge on any atom is -0.373 e. The number of benzene rings is 1. The number of hydrogen-bond donors (Lipinski definition) is 2. The van der Waals surface area contributed by atoms with Crippen molar-refractivity contribution in [2.75, 3.05) is 0 Å². The first-order valence-electron chi connectivity index (χ1n) is 7.77. The van der Waals surface area contributed by atoms with Crippen LogP contribution in [0.5, 0.6) is 0 Å². The zero-order valence-corrected chi connectivity index (χ0v) is 12.9. The number of carbonyl (C=O) groups is 1. The maximum absolute atomic E-state index is 13.4. The number of amides is 2. The molecule has 2 heterocycles. The largest absolute Gasteiger partial charge is 0.373 e. The molecule has 0 spiro atoms. The summed E-state index contributed by atoms with van der Waals surface area (Å²) in [5.41, 5.74) is 1.09. The smallest absolute Gasteiger partial charge is 0.315 e. The summed E-state index contributed by atoms with van der Waals surface area (Å²) in [5, 5.41) is 5.68. The van der Waals surface area contributed by atoms with Crippen LogP contribution in [0.4, 0.5) is 13.6 Å². The van der Waals surface area contributed by atoms with Crippen molar-refractivity contribution >= 4 is 6.03 Å². The van der Waals surface area contributed by atoms with Crippen LogP contribution in [-0.4, -0.2) is 24.3 Å². The number of rotatable bonds is 4. The molecule has 1 aromatic rings. The summed E-state index contributed by atoms with van der Waals surface area (Å²) in [6.45, 7) is 5.55. The van der Waals surface area contributed by atoms with Crippen molar-refractivity contribution in [2.45, 2.75) is 50.5 Å². The van der Waals surface area contributed by atoms with E-state index in [4.69, 9.17) is 4.74 Å². The van der Waals surface area contributed by atoms with Crippen LogP contribution < -0.4 is 10.6 Å². The van der Waals surface area contributed by atoms with E-state index in [0.29, 0.717) is 11.1 Å². The zero-order valence-electron chi connectivity index (χ0n) is 12.9. The van der Waals surface area contributed by atoms with Gasteiger partial charge >= 0.3 is 6.03 Å². The molecule has 2 aliphatic rings. The third-order valence-corrected chi connectivity index (χ3v) is 4.47. The first-order chi connectivity index (χ1) is 10.9. The SMILES string of the molecule is C=C(C)C(NC(=O)NC1CC2CCC1O2)c1ccc(F)c(F)c1. The molecule has 2 fully saturated rings. The lowest BCUT2D eigenvalue weighted by Crippen LogP contribution is -2.47. The lowest BCUT2D eigenvalue weighted by molar-refractivity contribution is 0.0980. The molecule has 1 aromatic carbocycles. The third-order valence-electron chi connectivity index (χ3n) is 4.47. The lowest BCUT2D eigenvalue weighted by atomic mass is 9.95.